The van der Waals surface area contributed by atoms with Crippen LogP contribution < -0.4 is 5.32 Å². The fourth-order valence-corrected chi connectivity index (χ4v) is 8.43. The molecule has 0 spiro atoms. The van der Waals surface area contributed by atoms with E-state index in [4.69, 9.17) is 24.5 Å². The van der Waals surface area contributed by atoms with E-state index in [1.54, 1.807) is 0 Å². The number of aliphatic hydroxyl groups is 1. The average molecular weight is 685 g/mol. The summed E-state index contributed by atoms with van der Waals surface area (Å²) in [7, 11) is 2.72. The van der Waals surface area contributed by atoms with E-state index in [9.17, 15) is 14.7 Å². The highest BCUT2D eigenvalue weighted by molar-refractivity contribution is 6.34. The number of benzene rings is 1. The third-order valence-corrected chi connectivity index (χ3v) is 11.2. The molecule has 0 aromatic heterocycles. The molecule has 0 radical (unpaired) electrons. The number of hydrogen-bond donors (Lipinski definition) is 2. The highest BCUT2D eigenvalue weighted by Crippen LogP contribution is 2.50. The monoisotopic (exact) mass is 684 g/mol. The second-order valence-electron chi connectivity index (χ2n) is 13.7. The second kappa shape index (κ2) is 13.1. The van der Waals surface area contributed by atoms with Crippen LogP contribution in [0.5, 0.6) is 0 Å². The van der Waals surface area contributed by atoms with Crippen molar-refractivity contribution in [2.24, 2.45) is 32.7 Å². The molecule has 1 aromatic carbocycles. The number of fused-ring (bicyclic) bond motifs is 5. The minimum Gasteiger partial charge on any atom is -0.510 e. The Morgan fingerprint density at radius 2 is 1.51 bits per heavy atom. The van der Waals surface area contributed by atoms with Crippen molar-refractivity contribution >= 4 is 34.6 Å². The second-order valence-corrected chi connectivity index (χ2v) is 13.7. The van der Waals surface area contributed by atoms with Crippen LogP contribution in [0.25, 0.3) is 5.57 Å². The molecule has 0 amide bonds. The largest absolute Gasteiger partial charge is 0.510 e. The number of ether oxygens (including phenoxy) is 2. The number of aliphatic hydroxyl groups excluding tert-OH is 1. The van der Waals surface area contributed by atoms with Gasteiger partial charge in [0, 0.05) is 46.4 Å². The molecular formula is C42H44N4O5. The molecule has 1 aromatic rings. The molecule has 2 N–H and O–H groups in total. The summed E-state index contributed by atoms with van der Waals surface area (Å²) in [5.74, 6) is -2.47. The van der Waals surface area contributed by atoms with Crippen LogP contribution in [-0.2, 0) is 19.1 Å². The molecule has 9 heteroatoms. The molecular weight excluding hydrogens is 640 g/mol. The van der Waals surface area contributed by atoms with Gasteiger partial charge >= 0.3 is 11.9 Å². The van der Waals surface area contributed by atoms with E-state index in [0.717, 1.165) is 86.1 Å². The smallest absolute Gasteiger partial charge is 0.321 e. The van der Waals surface area contributed by atoms with Crippen LogP contribution in [0.15, 0.2) is 131 Å². The summed E-state index contributed by atoms with van der Waals surface area (Å²) in [6.45, 7) is 12.6. The Labute approximate surface area is 299 Å². The molecule has 0 unspecified atom stereocenters. The summed E-state index contributed by atoms with van der Waals surface area (Å²) in [5, 5.41) is 15.7. The maximum Gasteiger partial charge on any atom is 0.321 e. The Hall–Kier alpha value is -5.31. The molecule has 9 nitrogen and oxygen atoms in total. The van der Waals surface area contributed by atoms with Gasteiger partial charge in [-0.15, -0.1) is 0 Å². The lowest BCUT2D eigenvalue weighted by Gasteiger charge is -2.20. The van der Waals surface area contributed by atoms with Crippen molar-refractivity contribution in [3.05, 3.63) is 121 Å². The third-order valence-electron chi connectivity index (χ3n) is 11.2. The van der Waals surface area contributed by atoms with Gasteiger partial charge in [0.05, 0.1) is 48.4 Å². The van der Waals surface area contributed by atoms with E-state index < -0.39 is 11.9 Å². The summed E-state index contributed by atoms with van der Waals surface area (Å²) in [4.78, 5) is 41.9. The molecule has 7 rings (SSSR count). The Balaban J connectivity index is 1.60. The van der Waals surface area contributed by atoms with Crippen molar-refractivity contribution < 1.29 is 24.2 Å². The predicted octanol–water partition coefficient (Wildman–Crippen LogP) is 7.95. The highest BCUT2D eigenvalue weighted by atomic mass is 16.5. The predicted molar refractivity (Wildman–Crippen MR) is 200 cm³/mol. The lowest BCUT2D eigenvalue weighted by molar-refractivity contribution is -0.143. The van der Waals surface area contributed by atoms with E-state index in [2.05, 4.69) is 58.1 Å². The highest BCUT2D eigenvalue weighted by Gasteiger charge is 2.49. The van der Waals surface area contributed by atoms with Gasteiger partial charge in [0.2, 0.25) is 0 Å². The molecule has 1 saturated heterocycles. The Morgan fingerprint density at radius 1 is 0.824 bits per heavy atom. The molecule has 51 heavy (non-hydrogen) atoms. The number of rotatable bonds is 7. The fourth-order valence-electron chi connectivity index (χ4n) is 8.43. The molecule has 6 aliphatic rings. The summed E-state index contributed by atoms with van der Waals surface area (Å²) in [6.07, 6.45) is 6.29. The molecule has 5 heterocycles. The SMILES string of the molecule is CCC1=C(C)C2=NC1=CC1=C(C)C3=C(O)[C@H](C(=O)OC)C(=C4NC(=C(c5ccccc5)C5=NC(=C2)C(CC)=C5C)[C@@H](C)[C@@H]4CCC(=O)OC)C3=N1. The minimum atomic E-state index is -1.09. The first-order valence-electron chi connectivity index (χ1n) is 17.8. The first kappa shape index (κ1) is 34.2. The number of nitrogens with zero attached hydrogens (tertiary/aromatic N) is 3. The van der Waals surface area contributed by atoms with Gasteiger partial charge in [0.1, 0.15) is 11.7 Å². The van der Waals surface area contributed by atoms with Gasteiger partial charge < -0.3 is 19.9 Å². The maximum atomic E-state index is 13.6. The van der Waals surface area contributed by atoms with Gasteiger partial charge in [0.15, 0.2) is 0 Å². The first-order chi connectivity index (χ1) is 24.5. The molecule has 0 saturated carbocycles. The number of methoxy groups -OCH3 is 2. The summed E-state index contributed by atoms with van der Waals surface area (Å²) < 4.78 is 10.4. The van der Waals surface area contributed by atoms with Gasteiger partial charge in [-0.2, -0.15) is 0 Å². The van der Waals surface area contributed by atoms with Crippen molar-refractivity contribution in [3.63, 3.8) is 0 Å². The number of allylic oxidation sites excluding steroid dienone is 11. The van der Waals surface area contributed by atoms with Crippen LogP contribution in [0.4, 0.5) is 0 Å². The van der Waals surface area contributed by atoms with Crippen LogP contribution in [0.1, 0.15) is 72.8 Å². The van der Waals surface area contributed by atoms with E-state index in [1.165, 1.54) is 14.2 Å². The van der Waals surface area contributed by atoms with Crippen LogP contribution in [-0.4, -0.2) is 48.4 Å². The Kier molecular flexibility index (Phi) is 8.77. The van der Waals surface area contributed by atoms with Crippen molar-refractivity contribution in [2.45, 2.75) is 67.2 Å². The Morgan fingerprint density at radius 3 is 2.18 bits per heavy atom. The zero-order valence-corrected chi connectivity index (χ0v) is 30.5. The molecule has 1 aliphatic carbocycles. The van der Waals surface area contributed by atoms with Crippen LogP contribution in [0, 0.1) is 17.8 Å². The van der Waals surface area contributed by atoms with E-state index >= 15 is 0 Å². The fraction of sp³-hybridized carbons (Fsp3) is 0.357. The van der Waals surface area contributed by atoms with Crippen molar-refractivity contribution in [3.8, 4) is 0 Å². The van der Waals surface area contributed by atoms with Crippen molar-refractivity contribution in [2.75, 3.05) is 14.2 Å². The molecule has 3 atom stereocenters. The maximum absolute atomic E-state index is 13.6. The van der Waals surface area contributed by atoms with E-state index in [0.29, 0.717) is 29.0 Å². The van der Waals surface area contributed by atoms with Crippen molar-refractivity contribution in [1.29, 1.82) is 0 Å². The van der Waals surface area contributed by atoms with Gasteiger partial charge in [-0.1, -0.05) is 51.1 Å². The van der Waals surface area contributed by atoms with E-state index in [-0.39, 0.29) is 30.0 Å². The first-order valence-corrected chi connectivity index (χ1v) is 17.8. The number of esters is 2. The topological polar surface area (TPSA) is 122 Å². The zero-order valence-electron chi connectivity index (χ0n) is 30.5. The number of carbonyl (C=O) groups is 2. The molecule has 5 aliphatic heterocycles. The zero-order chi connectivity index (χ0) is 36.3. The van der Waals surface area contributed by atoms with Crippen molar-refractivity contribution in [1.82, 2.24) is 5.32 Å². The lowest BCUT2D eigenvalue weighted by atomic mass is 9.82. The number of nitrogens with one attached hydrogen (secondary N) is 1. The van der Waals surface area contributed by atoms with Crippen LogP contribution in [0.2, 0.25) is 0 Å². The quantitative estimate of drug-likeness (QED) is 0.281. The van der Waals surface area contributed by atoms with Crippen LogP contribution >= 0.6 is 0 Å². The van der Waals surface area contributed by atoms with Gasteiger partial charge in [-0.3, -0.25) is 9.59 Å². The van der Waals surface area contributed by atoms with Gasteiger partial charge in [-0.25, -0.2) is 15.0 Å². The minimum absolute atomic E-state index is 0.0887. The number of hydrogen-bond acceptors (Lipinski definition) is 9. The van der Waals surface area contributed by atoms with Gasteiger partial charge in [-0.05, 0) is 85.6 Å². The molecule has 8 bridgehead atoms. The number of carbonyl (C=O) groups excluding carboxylic acids is 2. The standard InChI is InChI=1S/C42H44N4O5/c1-9-25-20(3)28-18-31-26(10-2)21(4)37(45-31)34(24-14-12-11-13-15-24)38-22(5)27(16-17-32(47)50-7)39(46-38)35-36(42(49)51-8)41(48)33-23(6)29(44-40(33)35)19-30(25)43-28/h11-15,18-19,22,27,36,46,48H,9-10,16-17H2,1-8H3/t22-,27-,36+/m0/s1. The number of aliphatic imine (C=N–C) groups is 3. The normalized spacial score (nSPS) is 23.9. The molecule has 262 valence electrons. The summed E-state index contributed by atoms with van der Waals surface area (Å²) in [6, 6.07) is 10.2. The molecule has 1 fully saturated rings. The summed E-state index contributed by atoms with van der Waals surface area (Å²) in [5.41, 5.74) is 14.6. The summed E-state index contributed by atoms with van der Waals surface area (Å²) >= 11 is 0. The third kappa shape index (κ3) is 5.32. The van der Waals surface area contributed by atoms with Gasteiger partial charge in [0.25, 0.3) is 0 Å². The van der Waals surface area contributed by atoms with Crippen LogP contribution in [0.3, 0.4) is 0 Å². The van der Waals surface area contributed by atoms with E-state index in [1.807, 2.05) is 31.2 Å². The Bertz CT molecular complexity index is 2150. The lowest BCUT2D eigenvalue weighted by Crippen LogP contribution is -2.25. The average Bonchev–Trinajstić information content (AvgIpc) is 3.88.